The zero-order chi connectivity index (χ0) is 11.9. The molecule has 0 aliphatic rings. The molecule has 0 radical (unpaired) electrons. The number of aromatic nitrogens is 4. The summed E-state index contributed by atoms with van der Waals surface area (Å²) >= 11 is 3.53. The molecule has 0 aliphatic heterocycles. The topological polar surface area (TPSA) is 61.7 Å². The van der Waals surface area contributed by atoms with Crippen LogP contribution in [0.4, 0.5) is 5.82 Å². The van der Waals surface area contributed by atoms with Gasteiger partial charge in [0.05, 0.1) is 22.4 Å². The molecular formula is C10H14BrN5. The van der Waals surface area contributed by atoms with Crippen molar-refractivity contribution in [1.29, 1.82) is 0 Å². The number of hydrogen-bond acceptors (Lipinski definition) is 3. The van der Waals surface area contributed by atoms with E-state index in [1.165, 1.54) is 0 Å². The summed E-state index contributed by atoms with van der Waals surface area (Å²) in [6.07, 6.45) is 1.93. The quantitative estimate of drug-likeness (QED) is 0.911. The van der Waals surface area contributed by atoms with E-state index in [-0.39, 0.29) is 0 Å². The molecule has 0 atom stereocenters. The minimum atomic E-state index is 0.579. The maximum atomic E-state index is 5.71. The molecule has 0 spiro atoms. The third-order valence-corrected chi connectivity index (χ3v) is 3.59. The monoisotopic (exact) mass is 283 g/mol. The van der Waals surface area contributed by atoms with Gasteiger partial charge in [-0.2, -0.15) is 10.2 Å². The molecule has 16 heavy (non-hydrogen) atoms. The molecule has 2 rings (SSSR count). The minimum absolute atomic E-state index is 0.579. The number of halogens is 1. The van der Waals surface area contributed by atoms with Gasteiger partial charge in [-0.15, -0.1) is 0 Å². The van der Waals surface area contributed by atoms with Crippen molar-refractivity contribution in [3.05, 3.63) is 27.6 Å². The molecular weight excluding hydrogens is 270 g/mol. The lowest BCUT2D eigenvalue weighted by Gasteiger charge is -2.02. The first-order chi connectivity index (χ1) is 7.49. The average molecular weight is 284 g/mol. The Bertz CT molecular complexity index is 506. The smallest absolute Gasteiger partial charge is 0.148 e. The molecule has 6 heteroatoms. The molecule has 5 nitrogen and oxygen atoms in total. The van der Waals surface area contributed by atoms with Crippen LogP contribution in [0, 0.1) is 13.8 Å². The summed E-state index contributed by atoms with van der Waals surface area (Å²) in [4.78, 5) is 0. The van der Waals surface area contributed by atoms with Gasteiger partial charge in [0.25, 0.3) is 0 Å². The van der Waals surface area contributed by atoms with E-state index >= 15 is 0 Å². The van der Waals surface area contributed by atoms with Gasteiger partial charge in [-0.25, -0.2) is 0 Å². The number of rotatable bonds is 2. The van der Waals surface area contributed by atoms with Crippen LogP contribution >= 0.6 is 15.9 Å². The Morgan fingerprint density at radius 1 is 1.38 bits per heavy atom. The zero-order valence-corrected chi connectivity index (χ0v) is 11.1. The second-order valence-corrected chi connectivity index (χ2v) is 4.66. The molecule has 0 aromatic carbocycles. The Hall–Kier alpha value is -1.30. The van der Waals surface area contributed by atoms with Gasteiger partial charge >= 0.3 is 0 Å². The van der Waals surface area contributed by atoms with Gasteiger partial charge in [0, 0.05) is 18.8 Å². The van der Waals surface area contributed by atoms with Crippen LogP contribution in [0.2, 0.25) is 0 Å². The van der Waals surface area contributed by atoms with E-state index < -0.39 is 0 Å². The summed E-state index contributed by atoms with van der Waals surface area (Å²) in [6, 6.07) is 0. The van der Waals surface area contributed by atoms with E-state index in [9.17, 15) is 0 Å². The standard InChI is InChI=1S/C10H14BrN5/c1-6-4-16(14-10(6)12)5-8-9(11)7(2)13-15(8)3/h4H,5H2,1-3H3,(H2,12,14). The van der Waals surface area contributed by atoms with Crippen LogP contribution in [0.3, 0.4) is 0 Å². The van der Waals surface area contributed by atoms with Crippen molar-refractivity contribution in [2.75, 3.05) is 5.73 Å². The van der Waals surface area contributed by atoms with Crippen molar-refractivity contribution in [1.82, 2.24) is 19.6 Å². The highest BCUT2D eigenvalue weighted by molar-refractivity contribution is 9.10. The Morgan fingerprint density at radius 2 is 2.06 bits per heavy atom. The lowest BCUT2D eigenvalue weighted by Crippen LogP contribution is -2.06. The molecule has 0 fully saturated rings. The number of nitrogens with zero attached hydrogens (tertiary/aromatic N) is 4. The highest BCUT2D eigenvalue weighted by Gasteiger charge is 2.12. The van der Waals surface area contributed by atoms with Gasteiger partial charge in [-0.3, -0.25) is 9.36 Å². The molecule has 0 amide bonds. The summed E-state index contributed by atoms with van der Waals surface area (Å²) < 4.78 is 4.71. The summed E-state index contributed by atoms with van der Waals surface area (Å²) in [6.45, 7) is 4.58. The Kier molecular flexibility index (Phi) is 2.75. The normalized spacial score (nSPS) is 11.0. The number of nitrogens with two attached hydrogens (primary N) is 1. The maximum Gasteiger partial charge on any atom is 0.148 e. The SMILES string of the molecule is Cc1cn(Cc2c(Br)c(C)nn2C)nc1N. The van der Waals surface area contributed by atoms with E-state index in [1.54, 1.807) is 0 Å². The molecule has 0 saturated carbocycles. The first kappa shape index (κ1) is 11.2. The number of anilines is 1. The summed E-state index contributed by atoms with van der Waals surface area (Å²) in [5, 5.41) is 8.56. The van der Waals surface area contributed by atoms with Crippen LogP contribution in [0.15, 0.2) is 10.7 Å². The van der Waals surface area contributed by atoms with E-state index in [0.29, 0.717) is 12.4 Å². The second kappa shape index (κ2) is 3.93. The van der Waals surface area contributed by atoms with E-state index in [2.05, 4.69) is 26.1 Å². The first-order valence-electron chi connectivity index (χ1n) is 4.96. The molecule has 2 aromatic heterocycles. The van der Waals surface area contributed by atoms with Gasteiger partial charge in [-0.1, -0.05) is 0 Å². The number of hydrogen-bond donors (Lipinski definition) is 1. The Balaban J connectivity index is 2.33. The summed E-state index contributed by atoms with van der Waals surface area (Å²) in [5.74, 6) is 0.579. The van der Waals surface area contributed by atoms with Crippen LogP contribution in [-0.2, 0) is 13.6 Å². The second-order valence-electron chi connectivity index (χ2n) is 3.86. The predicted molar refractivity (Wildman–Crippen MR) is 66.1 cm³/mol. The van der Waals surface area contributed by atoms with Gasteiger partial charge in [0.15, 0.2) is 0 Å². The highest BCUT2D eigenvalue weighted by Crippen LogP contribution is 2.21. The predicted octanol–water partition coefficient (Wildman–Crippen LogP) is 1.63. The van der Waals surface area contributed by atoms with Crippen LogP contribution in [0.25, 0.3) is 0 Å². The van der Waals surface area contributed by atoms with Crippen LogP contribution in [0.1, 0.15) is 17.0 Å². The van der Waals surface area contributed by atoms with Crippen molar-refractivity contribution in [2.45, 2.75) is 20.4 Å². The fraction of sp³-hybridized carbons (Fsp3) is 0.400. The summed E-state index contributed by atoms with van der Waals surface area (Å²) in [5.41, 5.74) is 8.77. The largest absolute Gasteiger partial charge is 0.382 e. The van der Waals surface area contributed by atoms with Crippen molar-refractivity contribution < 1.29 is 0 Å². The van der Waals surface area contributed by atoms with Gasteiger partial charge in [0.2, 0.25) is 0 Å². The molecule has 2 N–H and O–H groups in total. The van der Waals surface area contributed by atoms with Gasteiger partial charge in [-0.05, 0) is 29.8 Å². The molecule has 0 unspecified atom stereocenters. The van der Waals surface area contributed by atoms with E-state index in [4.69, 9.17) is 5.73 Å². The first-order valence-corrected chi connectivity index (χ1v) is 5.76. The van der Waals surface area contributed by atoms with E-state index in [0.717, 1.165) is 21.4 Å². The lowest BCUT2D eigenvalue weighted by molar-refractivity contribution is 0.618. The van der Waals surface area contributed by atoms with Gasteiger partial charge < -0.3 is 5.73 Å². The van der Waals surface area contributed by atoms with E-state index in [1.807, 2.05) is 36.5 Å². The fourth-order valence-electron chi connectivity index (χ4n) is 1.62. The zero-order valence-electron chi connectivity index (χ0n) is 9.53. The lowest BCUT2D eigenvalue weighted by atomic mass is 10.3. The number of nitrogen functional groups attached to an aromatic ring is 1. The molecule has 0 bridgehead atoms. The highest BCUT2D eigenvalue weighted by atomic mass is 79.9. The third-order valence-electron chi connectivity index (χ3n) is 2.56. The van der Waals surface area contributed by atoms with Gasteiger partial charge in [0.1, 0.15) is 5.82 Å². The molecule has 0 saturated heterocycles. The molecule has 0 aliphatic carbocycles. The Morgan fingerprint density at radius 3 is 2.50 bits per heavy atom. The van der Waals surface area contributed by atoms with Crippen LogP contribution in [-0.4, -0.2) is 19.6 Å². The molecule has 2 aromatic rings. The van der Waals surface area contributed by atoms with Crippen molar-refractivity contribution >= 4 is 21.7 Å². The maximum absolute atomic E-state index is 5.71. The average Bonchev–Trinajstić information content (AvgIpc) is 2.63. The van der Waals surface area contributed by atoms with Crippen molar-refractivity contribution in [3.8, 4) is 0 Å². The fourth-order valence-corrected chi connectivity index (χ4v) is 2.08. The van der Waals surface area contributed by atoms with Crippen LogP contribution < -0.4 is 5.73 Å². The number of aryl methyl sites for hydroxylation is 3. The van der Waals surface area contributed by atoms with Crippen LogP contribution in [0.5, 0.6) is 0 Å². The molecule has 2 heterocycles. The minimum Gasteiger partial charge on any atom is -0.382 e. The molecule has 86 valence electrons. The third kappa shape index (κ3) is 1.84. The van der Waals surface area contributed by atoms with Crippen molar-refractivity contribution in [3.63, 3.8) is 0 Å². The van der Waals surface area contributed by atoms with Crippen molar-refractivity contribution in [2.24, 2.45) is 7.05 Å². The summed E-state index contributed by atoms with van der Waals surface area (Å²) in [7, 11) is 1.92. The Labute approximate surface area is 102 Å².